The number of rotatable bonds is 3. The summed E-state index contributed by atoms with van der Waals surface area (Å²) < 4.78 is 24.4. The van der Waals surface area contributed by atoms with Crippen molar-refractivity contribution in [2.24, 2.45) is 5.14 Å². The van der Waals surface area contributed by atoms with E-state index in [0.717, 1.165) is 0 Å². The molecule has 0 amide bonds. The Bertz CT molecular complexity index is 303. The van der Waals surface area contributed by atoms with Crippen molar-refractivity contribution in [3.05, 3.63) is 18.7 Å². The fraction of sp³-hybridized carbons (Fsp3) is 0.250. The highest BCUT2D eigenvalue weighted by Gasteiger charge is 1.98. The molecule has 62 valence electrons. The van der Waals surface area contributed by atoms with E-state index in [4.69, 9.17) is 0 Å². The molecule has 6 nitrogen and oxygen atoms in total. The molecule has 1 aromatic rings. The Hall–Kier alpha value is -0.920. The van der Waals surface area contributed by atoms with Crippen molar-refractivity contribution in [2.45, 2.75) is 6.67 Å². The standard InChI is InChI=1S/C4H8N4O2S/c5-11(9,10)7-4-8-2-1-6-3-8/h1-3,7H,4H2,(H2,5,9,10). The first-order valence-electron chi connectivity index (χ1n) is 2.81. The number of hydrogen-bond donors (Lipinski definition) is 2. The molecular formula is C4H8N4O2S. The Morgan fingerprint density at radius 1 is 1.64 bits per heavy atom. The van der Waals surface area contributed by atoms with Gasteiger partial charge in [0, 0.05) is 12.4 Å². The van der Waals surface area contributed by atoms with Crippen LogP contribution in [0.25, 0.3) is 0 Å². The van der Waals surface area contributed by atoms with E-state index in [0.29, 0.717) is 0 Å². The highest BCUT2D eigenvalue weighted by atomic mass is 32.2. The van der Waals surface area contributed by atoms with Crippen LogP contribution >= 0.6 is 0 Å². The SMILES string of the molecule is NS(=O)(=O)NCn1ccnc1. The molecule has 7 heteroatoms. The van der Waals surface area contributed by atoms with Crippen LogP contribution in [-0.2, 0) is 16.9 Å². The third-order valence-corrected chi connectivity index (χ3v) is 1.54. The molecule has 0 radical (unpaired) electrons. The van der Waals surface area contributed by atoms with Crippen LogP contribution in [0.15, 0.2) is 18.7 Å². The minimum absolute atomic E-state index is 0.110. The third kappa shape index (κ3) is 3.12. The summed E-state index contributed by atoms with van der Waals surface area (Å²) in [6.07, 6.45) is 4.65. The van der Waals surface area contributed by atoms with Crippen molar-refractivity contribution in [3.63, 3.8) is 0 Å². The molecule has 0 saturated carbocycles. The number of aromatic nitrogens is 2. The van der Waals surface area contributed by atoms with Gasteiger partial charge in [0.05, 0.1) is 13.0 Å². The molecule has 0 aliphatic rings. The van der Waals surface area contributed by atoms with Gasteiger partial charge in [-0.3, -0.25) is 0 Å². The molecule has 0 spiro atoms. The molecule has 0 aliphatic heterocycles. The predicted octanol–water partition coefficient (Wildman–Crippen LogP) is -1.37. The fourth-order valence-electron chi connectivity index (χ4n) is 0.545. The second-order valence-corrected chi connectivity index (χ2v) is 3.30. The van der Waals surface area contributed by atoms with Gasteiger partial charge in [0.2, 0.25) is 0 Å². The molecule has 1 rings (SSSR count). The van der Waals surface area contributed by atoms with Crippen molar-refractivity contribution >= 4 is 10.2 Å². The minimum Gasteiger partial charge on any atom is -0.323 e. The Kier molecular flexibility index (Phi) is 2.22. The molecule has 0 aliphatic carbocycles. The van der Waals surface area contributed by atoms with Crippen LogP contribution in [0.5, 0.6) is 0 Å². The first-order valence-corrected chi connectivity index (χ1v) is 4.36. The highest BCUT2D eigenvalue weighted by Crippen LogP contribution is 1.82. The van der Waals surface area contributed by atoms with Crippen molar-refractivity contribution < 1.29 is 8.42 Å². The average Bonchev–Trinajstić information content (AvgIpc) is 2.32. The number of hydrogen-bond acceptors (Lipinski definition) is 3. The van der Waals surface area contributed by atoms with Crippen molar-refractivity contribution in [3.8, 4) is 0 Å². The van der Waals surface area contributed by atoms with Gasteiger partial charge in [-0.25, -0.2) is 10.1 Å². The molecule has 0 aromatic carbocycles. The summed E-state index contributed by atoms with van der Waals surface area (Å²) in [5.74, 6) is 0. The summed E-state index contributed by atoms with van der Waals surface area (Å²) in [7, 11) is -3.60. The monoisotopic (exact) mass is 176 g/mol. The number of nitrogens with two attached hydrogens (primary N) is 1. The Balaban J connectivity index is 2.48. The Labute approximate surface area is 64.2 Å². The largest absolute Gasteiger partial charge is 0.323 e. The number of imidazole rings is 1. The second kappa shape index (κ2) is 2.99. The zero-order valence-corrected chi connectivity index (χ0v) is 6.45. The van der Waals surface area contributed by atoms with E-state index < -0.39 is 10.2 Å². The molecule has 11 heavy (non-hydrogen) atoms. The number of nitrogens with one attached hydrogen (secondary N) is 1. The zero-order valence-electron chi connectivity index (χ0n) is 5.64. The van der Waals surface area contributed by atoms with E-state index in [-0.39, 0.29) is 6.67 Å². The lowest BCUT2D eigenvalue weighted by Gasteiger charge is -2.00. The molecular weight excluding hydrogens is 168 g/mol. The van der Waals surface area contributed by atoms with E-state index in [1.807, 2.05) is 0 Å². The summed E-state index contributed by atoms with van der Waals surface area (Å²) in [6, 6.07) is 0. The van der Waals surface area contributed by atoms with Crippen LogP contribution in [0.1, 0.15) is 0 Å². The van der Waals surface area contributed by atoms with Gasteiger partial charge in [0.15, 0.2) is 0 Å². The Morgan fingerprint density at radius 2 is 2.36 bits per heavy atom. The molecule has 1 aromatic heterocycles. The maximum Gasteiger partial charge on any atom is 0.275 e. The van der Waals surface area contributed by atoms with E-state index in [1.165, 1.54) is 6.33 Å². The lowest BCUT2D eigenvalue weighted by Crippen LogP contribution is -2.32. The van der Waals surface area contributed by atoms with E-state index in [1.54, 1.807) is 17.0 Å². The molecule has 0 saturated heterocycles. The van der Waals surface area contributed by atoms with Crippen molar-refractivity contribution in [2.75, 3.05) is 0 Å². The minimum atomic E-state index is -3.60. The summed E-state index contributed by atoms with van der Waals surface area (Å²) in [4.78, 5) is 3.71. The van der Waals surface area contributed by atoms with Crippen LogP contribution < -0.4 is 9.86 Å². The molecule has 0 unspecified atom stereocenters. The van der Waals surface area contributed by atoms with Gasteiger partial charge in [-0.15, -0.1) is 0 Å². The smallest absolute Gasteiger partial charge is 0.275 e. The van der Waals surface area contributed by atoms with Crippen molar-refractivity contribution in [1.82, 2.24) is 14.3 Å². The van der Waals surface area contributed by atoms with Crippen LogP contribution in [0, 0.1) is 0 Å². The molecule has 0 atom stereocenters. The topological polar surface area (TPSA) is 90.0 Å². The maximum atomic E-state index is 10.4. The summed E-state index contributed by atoms with van der Waals surface area (Å²) >= 11 is 0. The molecule has 3 N–H and O–H groups in total. The van der Waals surface area contributed by atoms with Crippen LogP contribution in [0.3, 0.4) is 0 Å². The Morgan fingerprint density at radius 3 is 2.82 bits per heavy atom. The molecule has 1 heterocycles. The summed E-state index contributed by atoms with van der Waals surface area (Å²) in [5, 5.41) is 4.68. The van der Waals surface area contributed by atoms with Gasteiger partial charge in [0.25, 0.3) is 10.2 Å². The normalized spacial score (nSPS) is 11.7. The lowest BCUT2D eigenvalue weighted by molar-refractivity contribution is 0.564. The molecule has 0 bridgehead atoms. The number of nitrogens with zero attached hydrogens (tertiary/aromatic N) is 2. The second-order valence-electron chi connectivity index (χ2n) is 1.92. The van der Waals surface area contributed by atoms with Crippen LogP contribution in [0.4, 0.5) is 0 Å². The predicted molar refractivity (Wildman–Crippen MR) is 38.5 cm³/mol. The highest BCUT2D eigenvalue weighted by molar-refractivity contribution is 7.87. The van der Waals surface area contributed by atoms with Gasteiger partial charge in [-0.05, 0) is 0 Å². The van der Waals surface area contributed by atoms with Gasteiger partial charge in [-0.1, -0.05) is 0 Å². The summed E-state index contributed by atoms with van der Waals surface area (Å²) in [5.41, 5.74) is 0. The molecule has 0 fully saturated rings. The third-order valence-electron chi connectivity index (χ3n) is 1.01. The summed E-state index contributed by atoms with van der Waals surface area (Å²) in [6.45, 7) is 0.110. The lowest BCUT2D eigenvalue weighted by atomic mass is 10.9. The quantitative estimate of drug-likeness (QED) is 0.595. The van der Waals surface area contributed by atoms with E-state index in [2.05, 4.69) is 14.8 Å². The average molecular weight is 176 g/mol. The van der Waals surface area contributed by atoms with Crippen LogP contribution in [0.2, 0.25) is 0 Å². The first-order chi connectivity index (χ1) is 5.08. The first kappa shape index (κ1) is 8.18. The zero-order chi connectivity index (χ0) is 8.32. The van der Waals surface area contributed by atoms with Gasteiger partial charge >= 0.3 is 0 Å². The van der Waals surface area contributed by atoms with E-state index in [9.17, 15) is 8.42 Å². The maximum absolute atomic E-state index is 10.4. The van der Waals surface area contributed by atoms with E-state index >= 15 is 0 Å². The van der Waals surface area contributed by atoms with Gasteiger partial charge in [0.1, 0.15) is 0 Å². The fourth-order valence-corrected chi connectivity index (χ4v) is 0.874. The van der Waals surface area contributed by atoms with Gasteiger partial charge < -0.3 is 4.57 Å². The van der Waals surface area contributed by atoms with Crippen molar-refractivity contribution in [1.29, 1.82) is 0 Å². The van der Waals surface area contributed by atoms with Crippen LogP contribution in [-0.4, -0.2) is 18.0 Å². The van der Waals surface area contributed by atoms with Gasteiger partial charge in [-0.2, -0.15) is 13.1 Å².